The standard InChI is InChI=1S/C22H23ClN4O3/c1-2-29-22(28)20-25-19(24-13-12-14-8-4-3-5-9-14)17-18(27-30-21(17)26-20)15-10-6-7-11-16(15)23/h6-8,10-11H,2-5,9,12-13H2,1H3,(H,24,25,26). The van der Waals surface area contributed by atoms with E-state index in [0.717, 1.165) is 19.3 Å². The van der Waals surface area contributed by atoms with Gasteiger partial charge in [-0.25, -0.2) is 9.78 Å². The molecule has 0 saturated heterocycles. The number of aromatic nitrogens is 3. The van der Waals surface area contributed by atoms with Crippen LogP contribution in [0.25, 0.3) is 22.4 Å². The maximum atomic E-state index is 12.2. The minimum Gasteiger partial charge on any atom is -0.460 e. The van der Waals surface area contributed by atoms with Crippen molar-refractivity contribution < 1.29 is 14.1 Å². The molecule has 1 N–H and O–H groups in total. The van der Waals surface area contributed by atoms with Gasteiger partial charge in [0.1, 0.15) is 16.9 Å². The number of allylic oxidation sites excluding steroid dienone is 1. The SMILES string of the molecule is CCOC(=O)c1nc(NCCC2=CCCCC2)c2c(-c3ccccc3Cl)noc2n1. The fourth-order valence-corrected chi connectivity index (χ4v) is 3.80. The first-order chi connectivity index (χ1) is 14.7. The molecule has 0 radical (unpaired) electrons. The summed E-state index contributed by atoms with van der Waals surface area (Å²) >= 11 is 6.37. The molecule has 156 valence electrons. The zero-order chi connectivity index (χ0) is 20.9. The number of fused-ring (bicyclic) bond motifs is 1. The summed E-state index contributed by atoms with van der Waals surface area (Å²) < 4.78 is 10.5. The van der Waals surface area contributed by atoms with Gasteiger partial charge in [-0.3, -0.25) is 0 Å². The lowest BCUT2D eigenvalue weighted by atomic mass is 9.97. The normalized spacial score (nSPS) is 13.9. The molecule has 0 aliphatic heterocycles. The molecule has 0 saturated carbocycles. The maximum Gasteiger partial charge on any atom is 0.376 e. The quantitative estimate of drug-likeness (QED) is 0.398. The minimum atomic E-state index is -0.604. The lowest BCUT2D eigenvalue weighted by molar-refractivity contribution is 0.0512. The number of nitrogens with one attached hydrogen (secondary N) is 1. The highest BCUT2D eigenvalue weighted by atomic mass is 35.5. The number of anilines is 1. The van der Waals surface area contributed by atoms with Crippen LogP contribution < -0.4 is 5.32 Å². The second-order valence-electron chi connectivity index (χ2n) is 7.09. The van der Waals surface area contributed by atoms with Crippen LogP contribution in [0.15, 0.2) is 40.4 Å². The first-order valence-corrected chi connectivity index (χ1v) is 10.6. The van der Waals surface area contributed by atoms with Crippen molar-refractivity contribution in [3.8, 4) is 11.3 Å². The summed E-state index contributed by atoms with van der Waals surface area (Å²) in [6, 6.07) is 7.36. The van der Waals surface area contributed by atoms with Crippen molar-refractivity contribution >= 4 is 34.5 Å². The second kappa shape index (κ2) is 9.26. The fourth-order valence-electron chi connectivity index (χ4n) is 3.58. The summed E-state index contributed by atoms with van der Waals surface area (Å²) in [5.74, 6) is -0.186. The molecule has 1 aliphatic rings. The third kappa shape index (κ3) is 4.31. The molecular weight excluding hydrogens is 404 g/mol. The van der Waals surface area contributed by atoms with Crippen molar-refractivity contribution in [3.63, 3.8) is 0 Å². The van der Waals surface area contributed by atoms with E-state index in [2.05, 4.69) is 26.5 Å². The first-order valence-electron chi connectivity index (χ1n) is 10.2. The van der Waals surface area contributed by atoms with Gasteiger partial charge in [0, 0.05) is 12.1 Å². The molecule has 0 amide bonds. The van der Waals surface area contributed by atoms with E-state index in [0.29, 0.717) is 34.0 Å². The summed E-state index contributed by atoms with van der Waals surface area (Å²) in [5, 5.41) is 8.64. The van der Waals surface area contributed by atoms with Crippen molar-refractivity contribution in [2.45, 2.75) is 39.0 Å². The number of esters is 1. The number of rotatable bonds is 7. The van der Waals surface area contributed by atoms with E-state index in [1.807, 2.05) is 18.2 Å². The molecule has 2 heterocycles. The van der Waals surface area contributed by atoms with Crippen molar-refractivity contribution in [1.29, 1.82) is 0 Å². The van der Waals surface area contributed by atoms with Crippen molar-refractivity contribution in [3.05, 3.63) is 46.8 Å². The van der Waals surface area contributed by atoms with Crippen LogP contribution in [0.3, 0.4) is 0 Å². The van der Waals surface area contributed by atoms with Gasteiger partial charge in [-0.05, 0) is 45.1 Å². The smallest absolute Gasteiger partial charge is 0.376 e. The van der Waals surface area contributed by atoms with E-state index in [1.54, 1.807) is 13.0 Å². The molecule has 0 bridgehead atoms. The molecule has 2 aromatic heterocycles. The number of benzene rings is 1. The Morgan fingerprint density at radius 2 is 2.13 bits per heavy atom. The third-order valence-electron chi connectivity index (χ3n) is 5.05. The Bertz CT molecular complexity index is 1090. The van der Waals surface area contributed by atoms with E-state index in [4.69, 9.17) is 20.9 Å². The van der Waals surface area contributed by atoms with Crippen LogP contribution in [-0.4, -0.2) is 34.2 Å². The zero-order valence-corrected chi connectivity index (χ0v) is 17.5. The molecular formula is C22H23ClN4O3. The highest BCUT2D eigenvalue weighted by Crippen LogP contribution is 2.35. The average molecular weight is 427 g/mol. The number of carbonyl (C=O) groups is 1. The van der Waals surface area contributed by atoms with Gasteiger partial charge >= 0.3 is 5.97 Å². The Labute approximate surface area is 179 Å². The predicted octanol–water partition coefficient (Wildman–Crippen LogP) is 5.42. The Kier molecular flexibility index (Phi) is 6.28. The Hall–Kier alpha value is -2.93. The van der Waals surface area contributed by atoms with Crippen LogP contribution in [0.1, 0.15) is 49.6 Å². The van der Waals surface area contributed by atoms with Gasteiger partial charge in [-0.15, -0.1) is 0 Å². The molecule has 8 heteroatoms. The topological polar surface area (TPSA) is 90.1 Å². The number of halogens is 1. The predicted molar refractivity (Wildman–Crippen MR) is 116 cm³/mol. The van der Waals surface area contributed by atoms with Gasteiger partial charge in [0.25, 0.3) is 5.71 Å². The number of hydrogen-bond acceptors (Lipinski definition) is 7. The monoisotopic (exact) mass is 426 g/mol. The number of hydrogen-bond donors (Lipinski definition) is 1. The number of ether oxygens (including phenoxy) is 1. The fraction of sp³-hybridized carbons (Fsp3) is 0.364. The van der Waals surface area contributed by atoms with Crippen LogP contribution in [0.5, 0.6) is 0 Å². The van der Waals surface area contributed by atoms with Crippen LogP contribution in [0.2, 0.25) is 5.02 Å². The van der Waals surface area contributed by atoms with Gasteiger partial charge in [0.05, 0.1) is 11.6 Å². The van der Waals surface area contributed by atoms with E-state index < -0.39 is 5.97 Å². The van der Waals surface area contributed by atoms with Crippen molar-refractivity contribution in [2.75, 3.05) is 18.5 Å². The highest BCUT2D eigenvalue weighted by molar-refractivity contribution is 6.33. The van der Waals surface area contributed by atoms with Crippen molar-refractivity contribution in [2.24, 2.45) is 0 Å². The number of carbonyl (C=O) groups excluding carboxylic acids is 1. The minimum absolute atomic E-state index is 0.0643. The first kappa shape index (κ1) is 20.3. The Balaban J connectivity index is 1.71. The molecule has 0 spiro atoms. The molecule has 30 heavy (non-hydrogen) atoms. The molecule has 1 aromatic carbocycles. The second-order valence-corrected chi connectivity index (χ2v) is 7.50. The van der Waals surface area contributed by atoms with Crippen LogP contribution in [-0.2, 0) is 4.74 Å². The molecule has 3 aromatic rings. The summed E-state index contributed by atoms with van der Waals surface area (Å²) in [4.78, 5) is 20.9. The van der Waals surface area contributed by atoms with Crippen LogP contribution >= 0.6 is 11.6 Å². The molecule has 1 aliphatic carbocycles. The molecule has 7 nitrogen and oxygen atoms in total. The Morgan fingerprint density at radius 1 is 1.27 bits per heavy atom. The van der Waals surface area contributed by atoms with Gasteiger partial charge < -0.3 is 14.6 Å². The highest BCUT2D eigenvalue weighted by Gasteiger charge is 2.23. The molecule has 0 atom stereocenters. The van der Waals surface area contributed by atoms with Crippen LogP contribution in [0.4, 0.5) is 5.82 Å². The number of nitrogens with zero attached hydrogens (tertiary/aromatic N) is 3. The zero-order valence-electron chi connectivity index (χ0n) is 16.8. The lowest BCUT2D eigenvalue weighted by Gasteiger charge is -2.14. The van der Waals surface area contributed by atoms with Crippen LogP contribution in [0, 0.1) is 0 Å². The largest absolute Gasteiger partial charge is 0.460 e. The van der Waals surface area contributed by atoms with E-state index in [1.165, 1.54) is 18.4 Å². The summed E-state index contributed by atoms with van der Waals surface area (Å²) in [7, 11) is 0. The summed E-state index contributed by atoms with van der Waals surface area (Å²) in [6.07, 6.45) is 7.99. The van der Waals surface area contributed by atoms with Gasteiger partial charge in [-0.2, -0.15) is 4.98 Å². The van der Waals surface area contributed by atoms with Crippen molar-refractivity contribution in [1.82, 2.24) is 15.1 Å². The molecule has 4 rings (SSSR count). The summed E-state index contributed by atoms with van der Waals surface area (Å²) in [5.41, 5.74) is 2.90. The van der Waals surface area contributed by atoms with Gasteiger partial charge in [0.2, 0.25) is 5.82 Å². The molecule has 0 unspecified atom stereocenters. The van der Waals surface area contributed by atoms with Gasteiger partial charge in [0.15, 0.2) is 0 Å². The average Bonchev–Trinajstić information content (AvgIpc) is 3.19. The van der Waals surface area contributed by atoms with E-state index in [9.17, 15) is 4.79 Å². The molecule has 0 fully saturated rings. The Morgan fingerprint density at radius 3 is 2.90 bits per heavy atom. The van der Waals surface area contributed by atoms with E-state index in [-0.39, 0.29) is 18.1 Å². The third-order valence-corrected chi connectivity index (χ3v) is 5.38. The van der Waals surface area contributed by atoms with E-state index >= 15 is 0 Å². The summed E-state index contributed by atoms with van der Waals surface area (Å²) in [6.45, 7) is 2.64. The maximum absolute atomic E-state index is 12.2. The van der Waals surface area contributed by atoms with Gasteiger partial charge in [-0.1, -0.05) is 46.6 Å². The lowest BCUT2D eigenvalue weighted by Crippen LogP contribution is -2.13.